The number of nitrogens with one attached hydrogen (secondary N) is 1. The van der Waals surface area contributed by atoms with Crippen molar-refractivity contribution in [3.63, 3.8) is 0 Å². The molecule has 0 aliphatic carbocycles. The molecule has 0 aliphatic heterocycles. The van der Waals surface area contributed by atoms with Gasteiger partial charge in [-0.25, -0.2) is 0 Å². The lowest BCUT2D eigenvalue weighted by molar-refractivity contribution is 0.0905. The lowest BCUT2D eigenvalue weighted by Crippen LogP contribution is -2.23. The van der Waals surface area contributed by atoms with Gasteiger partial charge in [-0.15, -0.1) is 0 Å². The molecule has 7 heteroatoms. The van der Waals surface area contributed by atoms with E-state index in [1.165, 1.54) is 0 Å². The number of carbonyl (C=O) groups is 1. The Morgan fingerprint density at radius 2 is 2.08 bits per heavy atom. The van der Waals surface area contributed by atoms with Gasteiger partial charge >= 0.3 is 0 Å². The van der Waals surface area contributed by atoms with E-state index in [1.807, 2.05) is 6.07 Å². The second kappa shape index (κ2) is 7.46. The van der Waals surface area contributed by atoms with Gasteiger partial charge in [0.1, 0.15) is 5.69 Å². The van der Waals surface area contributed by atoms with E-state index in [1.54, 1.807) is 49.6 Å². The number of carbonyl (C=O) groups excluding carboxylic acids is 1. The summed E-state index contributed by atoms with van der Waals surface area (Å²) < 4.78 is 5.22. The first-order valence-electron chi connectivity index (χ1n) is 7.67. The van der Waals surface area contributed by atoms with Gasteiger partial charge in [0.25, 0.3) is 5.91 Å². The van der Waals surface area contributed by atoms with Crippen LogP contribution >= 0.6 is 11.6 Å². The lowest BCUT2D eigenvalue weighted by Gasteiger charge is -2.08. The number of amides is 1. The highest BCUT2D eigenvalue weighted by atomic mass is 35.5. The number of aliphatic hydroxyl groups excluding tert-OH is 1. The Labute approximate surface area is 149 Å². The molecular formula is C18H16ClN3O3. The summed E-state index contributed by atoms with van der Waals surface area (Å²) in [5.41, 5.74) is 2.31. The van der Waals surface area contributed by atoms with E-state index in [0.29, 0.717) is 28.4 Å². The Hall–Kier alpha value is -2.70. The third-order valence-corrected chi connectivity index (χ3v) is 3.90. The number of hydrogen-bond acceptors (Lipinski definition) is 5. The predicted octanol–water partition coefficient (Wildman–Crippen LogP) is 3.37. The van der Waals surface area contributed by atoms with Crippen LogP contribution in [-0.2, 0) is 6.54 Å². The van der Waals surface area contributed by atoms with Gasteiger partial charge in [0.2, 0.25) is 5.76 Å². The molecule has 1 atom stereocenters. The molecule has 3 rings (SSSR count). The number of hydrogen-bond donors (Lipinski definition) is 2. The van der Waals surface area contributed by atoms with Gasteiger partial charge in [-0.3, -0.25) is 9.78 Å². The van der Waals surface area contributed by atoms with Crippen molar-refractivity contribution in [1.82, 2.24) is 15.5 Å². The van der Waals surface area contributed by atoms with Crippen molar-refractivity contribution < 1.29 is 14.4 Å². The minimum absolute atomic E-state index is 0.0103. The largest absolute Gasteiger partial charge is 0.388 e. The Morgan fingerprint density at radius 3 is 2.72 bits per heavy atom. The summed E-state index contributed by atoms with van der Waals surface area (Å²) in [6.07, 6.45) is 2.40. The monoisotopic (exact) mass is 357 g/mol. The van der Waals surface area contributed by atoms with E-state index < -0.39 is 12.0 Å². The topological polar surface area (TPSA) is 88.2 Å². The smallest absolute Gasteiger partial charge is 0.290 e. The number of benzene rings is 1. The molecule has 1 amide bonds. The Kier molecular flexibility index (Phi) is 5.11. The molecule has 0 saturated carbocycles. The fourth-order valence-corrected chi connectivity index (χ4v) is 2.56. The summed E-state index contributed by atoms with van der Waals surface area (Å²) in [6, 6.07) is 10.6. The first-order chi connectivity index (χ1) is 12.1. The van der Waals surface area contributed by atoms with Crippen molar-refractivity contribution >= 4 is 17.5 Å². The number of halogens is 1. The van der Waals surface area contributed by atoms with Crippen molar-refractivity contribution in [2.75, 3.05) is 0 Å². The number of aromatic nitrogens is 2. The average Bonchev–Trinajstić information content (AvgIpc) is 3.06. The van der Waals surface area contributed by atoms with E-state index in [4.69, 9.17) is 16.1 Å². The van der Waals surface area contributed by atoms with E-state index >= 15 is 0 Å². The molecule has 3 aromatic rings. The summed E-state index contributed by atoms with van der Waals surface area (Å²) in [5, 5.41) is 17.4. The molecule has 128 valence electrons. The molecule has 2 N–H and O–H groups in total. The molecule has 2 aromatic heterocycles. The van der Waals surface area contributed by atoms with Gasteiger partial charge in [-0.1, -0.05) is 35.0 Å². The van der Waals surface area contributed by atoms with Crippen molar-refractivity contribution in [2.24, 2.45) is 0 Å². The van der Waals surface area contributed by atoms with Crippen LogP contribution in [-0.4, -0.2) is 21.2 Å². The first-order valence-corrected chi connectivity index (χ1v) is 8.04. The summed E-state index contributed by atoms with van der Waals surface area (Å²) in [6.45, 7) is 1.85. The molecule has 1 unspecified atom stereocenters. The lowest BCUT2D eigenvalue weighted by atomic mass is 10.0. The zero-order valence-corrected chi connectivity index (χ0v) is 14.2. The molecule has 0 saturated heterocycles. The summed E-state index contributed by atoms with van der Waals surface area (Å²) in [4.78, 5) is 16.4. The standard InChI is InChI=1S/C18H16ClN3O3/c1-11(23)15-16(13-4-6-14(19)7-5-13)22-25-17(15)18(24)21-10-12-3-2-8-20-9-12/h2-9,11,23H,10H2,1H3,(H,21,24). The summed E-state index contributed by atoms with van der Waals surface area (Å²) in [5.74, 6) is -0.462. The molecule has 2 heterocycles. The van der Waals surface area contributed by atoms with Crippen molar-refractivity contribution in [3.05, 3.63) is 70.7 Å². The van der Waals surface area contributed by atoms with Crippen molar-refractivity contribution in [3.8, 4) is 11.3 Å². The normalized spacial score (nSPS) is 12.0. The van der Waals surface area contributed by atoms with Crippen LogP contribution in [0.4, 0.5) is 0 Å². The minimum atomic E-state index is -0.920. The van der Waals surface area contributed by atoms with Crippen LogP contribution < -0.4 is 5.32 Å². The fourth-order valence-electron chi connectivity index (χ4n) is 2.43. The Bertz CT molecular complexity index is 861. The fraction of sp³-hybridized carbons (Fsp3) is 0.167. The van der Waals surface area contributed by atoms with E-state index in [9.17, 15) is 9.90 Å². The minimum Gasteiger partial charge on any atom is -0.388 e. The highest BCUT2D eigenvalue weighted by molar-refractivity contribution is 6.30. The molecule has 25 heavy (non-hydrogen) atoms. The van der Waals surface area contributed by atoms with E-state index in [2.05, 4.69) is 15.5 Å². The van der Waals surface area contributed by atoms with Crippen LogP contribution in [0, 0.1) is 0 Å². The Morgan fingerprint density at radius 1 is 1.32 bits per heavy atom. The zero-order valence-electron chi connectivity index (χ0n) is 13.4. The van der Waals surface area contributed by atoms with Gasteiger partial charge in [0.05, 0.1) is 11.7 Å². The van der Waals surface area contributed by atoms with Gasteiger partial charge in [0.15, 0.2) is 0 Å². The van der Waals surface area contributed by atoms with Crippen molar-refractivity contribution in [1.29, 1.82) is 0 Å². The van der Waals surface area contributed by atoms with Crippen LogP contribution in [0.3, 0.4) is 0 Å². The van der Waals surface area contributed by atoms with Gasteiger partial charge < -0.3 is 14.9 Å². The number of pyridine rings is 1. The molecular weight excluding hydrogens is 342 g/mol. The van der Waals surface area contributed by atoms with Gasteiger partial charge in [-0.05, 0) is 30.7 Å². The van der Waals surface area contributed by atoms with Gasteiger partial charge in [0, 0.05) is 29.5 Å². The maximum Gasteiger partial charge on any atom is 0.290 e. The third-order valence-electron chi connectivity index (χ3n) is 3.65. The van der Waals surface area contributed by atoms with Crippen LogP contribution in [0.15, 0.2) is 53.3 Å². The third kappa shape index (κ3) is 3.87. The highest BCUT2D eigenvalue weighted by Gasteiger charge is 2.26. The first kappa shape index (κ1) is 17.1. The van der Waals surface area contributed by atoms with Crippen molar-refractivity contribution in [2.45, 2.75) is 19.6 Å². The van der Waals surface area contributed by atoms with Crippen LogP contribution in [0.5, 0.6) is 0 Å². The molecule has 1 aromatic carbocycles. The maximum absolute atomic E-state index is 12.4. The second-order valence-corrected chi connectivity index (χ2v) is 5.94. The molecule has 0 fully saturated rings. The predicted molar refractivity (Wildman–Crippen MR) is 93.0 cm³/mol. The summed E-state index contributed by atoms with van der Waals surface area (Å²) in [7, 11) is 0. The molecule has 0 radical (unpaired) electrons. The highest BCUT2D eigenvalue weighted by Crippen LogP contribution is 2.31. The molecule has 0 aliphatic rings. The number of nitrogens with zero attached hydrogens (tertiary/aromatic N) is 2. The quantitative estimate of drug-likeness (QED) is 0.730. The number of aliphatic hydroxyl groups is 1. The van der Waals surface area contributed by atoms with E-state index in [-0.39, 0.29) is 5.76 Å². The van der Waals surface area contributed by atoms with Crippen LogP contribution in [0.25, 0.3) is 11.3 Å². The second-order valence-electron chi connectivity index (χ2n) is 5.50. The SMILES string of the molecule is CC(O)c1c(-c2ccc(Cl)cc2)noc1C(=O)NCc1cccnc1. The molecule has 0 spiro atoms. The zero-order chi connectivity index (χ0) is 17.8. The van der Waals surface area contributed by atoms with E-state index in [0.717, 1.165) is 5.56 Å². The molecule has 0 bridgehead atoms. The summed E-state index contributed by atoms with van der Waals surface area (Å²) >= 11 is 5.89. The Balaban J connectivity index is 1.86. The molecule has 6 nitrogen and oxygen atoms in total. The number of rotatable bonds is 5. The van der Waals surface area contributed by atoms with Crippen LogP contribution in [0.2, 0.25) is 5.02 Å². The average molecular weight is 358 g/mol. The maximum atomic E-state index is 12.4. The van der Waals surface area contributed by atoms with Crippen LogP contribution in [0.1, 0.15) is 34.7 Å². The van der Waals surface area contributed by atoms with Gasteiger partial charge in [-0.2, -0.15) is 0 Å².